The fraction of sp³-hybridized carbons (Fsp3) is 0.182. The molecule has 1 atom stereocenters. The van der Waals surface area contributed by atoms with Crippen LogP contribution in [0, 0.1) is 17.1 Å². The Labute approximate surface area is 172 Å². The Hall–Kier alpha value is -3.24. The smallest absolute Gasteiger partial charge is 0.338 e. The molecule has 0 saturated carbocycles. The number of benzene rings is 2. The molecule has 5 nitrogen and oxygen atoms in total. The summed E-state index contributed by atoms with van der Waals surface area (Å²) in [4.78, 5) is 13.8. The van der Waals surface area contributed by atoms with Gasteiger partial charge in [-0.05, 0) is 36.8 Å². The molecule has 29 heavy (non-hydrogen) atoms. The molecule has 3 rings (SSSR count). The minimum atomic E-state index is -0.792. The highest BCUT2D eigenvalue weighted by molar-refractivity contribution is 7.99. The van der Waals surface area contributed by atoms with Crippen molar-refractivity contribution in [2.45, 2.75) is 17.7 Å². The largest absolute Gasteiger partial charge is 0.463 e. The predicted molar refractivity (Wildman–Crippen MR) is 108 cm³/mol. The van der Waals surface area contributed by atoms with Crippen molar-refractivity contribution in [3.05, 3.63) is 88.8 Å². The van der Waals surface area contributed by atoms with Gasteiger partial charge in [-0.15, -0.1) is 11.8 Å². The first-order chi connectivity index (χ1) is 14.0. The van der Waals surface area contributed by atoms with E-state index in [1.807, 2.05) is 36.4 Å². The van der Waals surface area contributed by atoms with Crippen molar-refractivity contribution < 1.29 is 18.7 Å². The zero-order valence-electron chi connectivity index (χ0n) is 15.7. The fourth-order valence-electron chi connectivity index (χ4n) is 3.01. The quantitative estimate of drug-likeness (QED) is 0.566. The number of esters is 1. The SMILES string of the molecule is CCOC(=O)C1=C(CSc2ccccc2)OC(N)=C(C#N)[C@H]1c1ccc(F)cc1. The molecule has 0 aromatic heterocycles. The van der Waals surface area contributed by atoms with Crippen LogP contribution in [-0.2, 0) is 14.3 Å². The fourth-order valence-corrected chi connectivity index (χ4v) is 3.87. The molecule has 7 heteroatoms. The van der Waals surface area contributed by atoms with E-state index in [1.54, 1.807) is 6.92 Å². The molecular formula is C22H19FN2O3S. The molecule has 0 bridgehead atoms. The number of nitriles is 1. The van der Waals surface area contributed by atoms with Gasteiger partial charge in [-0.3, -0.25) is 0 Å². The molecule has 0 amide bonds. The first-order valence-electron chi connectivity index (χ1n) is 8.96. The Kier molecular flexibility index (Phi) is 6.57. The maximum absolute atomic E-state index is 13.4. The number of thioether (sulfide) groups is 1. The first-order valence-corrected chi connectivity index (χ1v) is 9.94. The summed E-state index contributed by atoms with van der Waals surface area (Å²) < 4.78 is 24.4. The number of nitrogens with zero attached hydrogens (tertiary/aromatic N) is 1. The summed E-state index contributed by atoms with van der Waals surface area (Å²) >= 11 is 1.47. The molecule has 0 saturated heterocycles. The van der Waals surface area contributed by atoms with E-state index in [-0.39, 0.29) is 23.6 Å². The van der Waals surface area contributed by atoms with Crippen molar-refractivity contribution in [1.82, 2.24) is 0 Å². The van der Waals surface area contributed by atoms with Crippen molar-refractivity contribution in [3.8, 4) is 6.07 Å². The van der Waals surface area contributed by atoms with Gasteiger partial charge in [-0.1, -0.05) is 30.3 Å². The molecule has 148 valence electrons. The monoisotopic (exact) mass is 410 g/mol. The standard InChI is InChI=1S/C22H19FN2O3S/c1-2-27-22(26)20-18(13-29-16-6-4-3-5-7-16)28-21(25)17(12-24)19(20)14-8-10-15(23)11-9-14/h3-11,19H,2,13,25H2,1H3/t19-/m1/s1. The maximum Gasteiger partial charge on any atom is 0.338 e. The molecule has 1 heterocycles. The zero-order valence-corrected chi connectivity index (χ0v) is 16.5. The van der Waals surface area contributed by atoms with E-state index in [9.17, 15) is 14.4 Å². The number of ether oxygens (including phenoxy) is 2. The van der Waals surface area contributed by atoms with Crippen LogP contribution < -0.4 is 5.73 Å². The van der Waals surface area contributed by atoms with Crippen LogP contribution in [-0.4, -0.2) is 18.3 Å². The van der Waals surface area contributed by atoms with Crippen molar-refractivity contribution in [1.29, 1.82) is 5.26 Å². The maximum atomic E-state index is 13.4. The molecule has 0 spiro atoms. The number of hydrogen-bond donors (Lipinski definition) is 1. The Morgan fingerprint density at radius 1 is 1.24 bits per heavy atom. The van der Waals surface area contributed by atoms with Crippen LogP contribution in [0.25, 0.3) is 0 Å². The van der Waals surface area contributed by atoms with Gasteiger partial charge in [-0.25, -0.2) is 9.18 Å². The molecule has 0 aliphatic carbocycles. The van der Waals surface area contributed by atoms with E-state index in [1.165, 1.54) is 36.0 Å². The topological polar surface area (TPSA) is 85.3 Å². The summed E-state index contributed by atoms with van der Waals surface area (Å²) in [7, 11) is 0. The van der Waals surface area contributed by atoms with E-state index in [0.29, 0.717) is 17.1 Å². The number of carbonyl (C=O) groups is 1. The normalized spacial score (nSPS) is 16.2. The van der Waals surface area contributed by atoms with Crippen molar-refractivity contribution in [3.63, 3.8) is 0 Å². The lowest BCUT2D eigenvalue weighted by Gasteiger charge is -2.28. The second-order valence-electron chi connectivity index (χ2n) is 6.14. The summed E-state index contributed by atoms with van der Waals surface area (Å²) in [5.74, 6) is -1.24. The van der Waals surface area contributed by atoms with E-state index in [0.717, 1.165) is 4.90 Å². The van der Waals surface area contributed by atoms with Gasteiger partial charge < -0.3 is 15.2 Å². The predicted octanol–water partition coefficient (Wildman–Crippen LogP) is 4.24. The molecule has 1 aliphatic rings. The summed E-state index contributed by atoms with van der Waals surface area (Å²) in [6.07, 6.45) is 0. The van der Waals surface area contributed by atoms with Gasteiger partial charge in [0, 0.05) is 4.90 Å². The van der Waals surface area contributed by atoms with Crippen LogP contribution in [0.3, 0.4) is 0 Å². The Balaban J connectivity index is 2.07. The van der Waals surface area contributed by atoms with Gasteiger partial charge in [-0.2, -0.15) is 5.26 Å². The van der Waals surface area contributed by atoms with E-state index in [4.69, 9.17) is 15.2 Å². The first kappa shape index (κ1) is 20.5. The van der Waals surface area contributed by atoms with E-state index >= 15 is 0 Å². The molecule has 0 radical (unpaired) electrons. The van der Waals surface area contributed by atoms with Gasteiger partial charge >= 0.3 is 5.97 Å². The third kappa shape index (κ3) is 4.61. The van der Waals surface area contributed by atoms with Gasteiger partial charge in [0.15, 0.2) is 0 Å². The van der Waals surface area contributed by atoms with Crippen LogP contribution >= 0.6 is 11.8 Å². The highest BCUT2D eigenvalue weighted by Crippen LogP contribution is 2.41. The minimum Gasteiger partial charge on any atom is -0.463 e. The third-order valence-corrected chi connectivity index (χ3v) is 5.32. The number of hydrogen-bond acceptors (Lipinski definition) is 6. The Bertz CT molecular complexity index is 995. The number of rotatable bonds is 6. The lowest BCUT2D eigenvalue weighted by atomic mass is 9.83. The molecule has 2 N–H and O–H groups in total. The minimum absolute atomic E-state index is 0.0708. The average molecular weight is 410 g/mol. The van der Waals surface area contributed by atoms with Gasteiger partial charge in [0.25, 0.3) is 0 Å². The Morgan fingerprint density at radius 3 is 2.55 bits per heavy atom. The molecule has 1 aliphatic heterocycles. The summed E-state index contributed by atoms with van der Waals surface area (Å²) in [6, 6.07) is 17.2. The number of nitrogens with two attached hydrogens (primary N) is 1. The van der Waals surface area contributed by atoms with E-state index in [2.05, 4.69) is 0 Å². The third-order valence-electron chi connectivity index (χ3n) is 4.31. The second-order valence-corrected chi connectivity index (χ2v) is 7.18. The highest BCUT2D eigenvalue weighted by Gasteiger charge is 2.37. The lowest BCUT2D eigenvalue weighted by molar-refractivity contribution is -0.139. The molecule has 2 aromatic carbocycles. The number of halogens is 1. The van der Waals surface area contributed by atoms with Crippen LogP contribution in [0.4, 0.5) is 4.39 Å². The van der Waals surface area contributed by atoms with Crippen molar-refractivity contribution >= 4 is 17.7 Å². The lowest BCUT2D eigenvalue weighted by Crippen LogP contribution is -2.27. The summed E-state index contributed by atoms with van der Waals surface area (Å²) in [5, 5.41) is 9.65. The van der Waals surface area contributed by atoms with Crippen LogP contribution in [0.1, 0.15) is 18.4 Å². The summed E-state index contributed by atoms with van der Waals surface area (Å²) in [5.41, 5.74) is 6.86. The highest BCUT2D eigenvalue weighted by atomic mass is 32.2. The van der Waals surface area contributed by atoms with Crippen LogP contribution in [0.15, 0.2) is 82.3 Å². The molecule has 0 fully saturated rings. The van der Waals surface area contributed by atoms with Crippen LogP contribution in [0.2, 0.25) is 0 Å². The van der Waals surface area contributed by atoms with Crippen LogP contribution in [0.5, 0.6) is 0 Å². The summed E-state index contributed by atoms with van der Waals surface area (Å²) in [6.45, 7) is 1.86. The number of carbonyl (C=O) groups excluding carboxylic acids is 1. The Morgan fingerprint density at radius 2 is 1.93 bits per heavy atom. The van der Waals surface area contributed by atoms with Gasteiger partial charge in [0.2, 0.25) is 5.88 Å². The van der Waals surface area contributed by atoms with Crippen molar-refractivity contribution in [2.75, 3.05) is 12.4 Å². The van der Waals surface area contributed by atoms with Crippen molar-refractivity contribution in [2.24, 2.45) is 5.73 Å². The number of allylic oxidation sites excluding steroid dienone is 1. The zero-order chi connectivity index (χ0) is 20.8. The van der Waals surface area contributed by atoms with Gasteiger partial charge in [0.05, 0.1) is 23.9 Å². The molecule has 2 aromatic rings. The second kappa shape index (κ2) is 9.30. The van der Waals surface area contributed by atoms with Gasteiger partial charge in [0.1, 0.15) is 23.2 Å². The van der Waals surface area contributed by atoms with E-state index < -0.39 is 17.7 Å². The molecule has 0 unspecified atom stereocenters. The molecular weight excluding hydrogens is 391 g/mol. The average Bonchev–Trinajstić information content (AvgIpc) is 2.73.